The standard InChI is InChI=1S/C11H12ClN3O2/c1-11(2,3)17-10(16)15-8-6-13-9(12)4-7(8)5-14-15/h4-6H,1-3H3. The van der Waals surface area contributed by atoms with Crippen LogP contribution in [0.1, 0.15) is 20.8 Å². The summed E-state index contributed by atoms with van der Waals surface area (Å²) in [6.07, 6.45) is 2.51. The average molecular weight is 254 g/mol. The number of halogens is 1. The maximum atomic E-state index is 11.8. The van der Waals surface area contributed by atoms with Crippen molar-refractivity contribution in [3.05, 3.63) is 23.6 Å². The van der Waals surface area contributed by atoms with Crippen LogP contribution in [0.5, 0.6) is 0 Å². The molecular weight excluding hydrogens is 242 g/mol. The first-order valence-electron chi connectivity index (χ1n) is 5.09. The van der Waals surface area contributed by atoms with Gasteiger partial charge in [0.1, 0.15) is 10.8 Å². The third-order valence-electron chi connectivity index (χ3n) is 1.99. The predicted molar refractivity (Wildman–Crippen MR) is 64.2 cm³/mol. The summed E-state index contributed by atoms with van der Waals surface area (Å²) in [6.45, 7) is 5.39. The number of fused-ring (bicyclic) bond motifs is 1. The molecule has 0 aliphatic carbocycles. The van der Waals surface area contributed by atoms with E-state index in [9.17, 15) is 4.79 Å². The molecule has 0 radical (unpaired) electrons. The van der Waals surface area contributed by atoms with Gasteiger partial charge in [-0.1, -0.05) is 11.6 Å². The maximum Gasteiger partial charge on any atom is 0.435 e. The van der Waals surface area contributed by atoms with Gasteiger partial charge in [0.25, 0.3) is 0 Å². The smallest absolute Gasteiger partial charge is 0.435 e. The van der Waals surface area contributed by atoms with Crippen LogP contribution in [-0.4, -0.2) is 26.5 Å². The highest BCUT2D eigenvalue weighted by molar-refractivity contribution is 6.30. The number of carbonyl (C=O) groups excluding carboxylic acids is 1. The molecule has 0 atom stereocenters. The Morgan fingerprint density at radius 1 is 1.41 bits per heavy atom. The van der Waals surface area contributed by atoms with Crippen molar-refractivity contribution < 1.29 is 9.53 Å². The molecule has 6 heteroatoms. The minimum atomic E-state index is -0.560. The summed E-state index contributed by atoms with van der Waals surface area (Å²) in [5.41, 5.74) is 0.0125. The summed E-state index contributed by atoms with van der Waals surface area (Å²) < 4.78 is 6.39. The lowest BCUT2D eigenvalue weighted by Crippen LogP contribution is -2.27. The Labute approximate surface area is 103 Å². The van der Waals surface area contributed by atoms with Crippen LogP contribution in [0.3, 0.4) is 0 Å². The molecule has 0 spiro atoms. The number of aromatic nitrogens is 3. The van der Waals surface area contributed by atoms with Gasteiger partial charge >= 0.3 is 6.09 Å². The summed E-state index contributed by atoms with van der Waals surface area (Å²) >= 11 is 5.75. The molecule has 2 rings (SSSR count). The lowest BCUT2D eigenvalue weighted by atomic mass is 10.2. The normalized spacial score (nSPS) is 11.8. The number of hydrogen-bond acceptors (Lipinski definition) is 4. The van der Waals surface area contributed by atoms with Crippen LogP contribution in [0, 0.1) is 0 Å². The van der Waals surface area contributed by atoms with E-state index in [4.69, 9.17) is 16.3 Å². The molecule has 0 aromatic carbocycles. The molecule has 0 aliphatic heterocycles. The average Bonchev–Trinajstić information content (AvgIpc) is 2.57. The quantitative estimate of drug-likeness (QED) is 0.678. The van der Waals surface area contributed by atoms with E-state index < -0.39 is 11.7 Å². The lowest BCUT2D eigenvalue weighted by molar-refractivity contribution is 0.0522. The zero-order valence-corrected chi connectivity index (χ0v) is 10.5. The van der Waals surface area contributed by atoms with Gasteiger partial charge in [0.2, 0.25) is 0 Å². The first-order chi connectivity index (χ1) is 7.87. The summed E-state index contributed by atoms with van der Waals surface area (Å²) in [5, 5.41) is 5.07. The third kappa shape index (κ3) is 2.55. The van der Waals surface area contributed by atoms with E-state index in [-0.39, 0.29) is 0 Å². The van der Waals surface area contributed by atoms with Crippen molar-refractivity contribution in [1.82, 2.24) is 14.8 Å². The van der Waals surface area contributed by atoms with Gasteiger partial charge in [-0.25, -0.2) is 9.78 Å². The second-order valence-electron chi connectivity index (χ2n) is 4.60. The molecule has 90 valence electrons. The number of carbonyl (C=O) groups is 1. The van der Waals surface area contributed by atoms with E-state index in [1.807, 2.05) is 0 Å². The van der Waals surface area contributed by atoms with Crippen molar-refractivity contribution in [1.29, 1.82) is 0 Å². The van der Waals surface area contributed by atoms with Gasteiger partial charge < -0.3 is 4.74 Å². The summed E-state index contributed by atoms with van der Waals surface area (Å²) in [7, 11) is 0. The second-order valence-corrected chi connectivity index (χ2v) is 4.99. The Morgan fingerprint density at radius 2 is 2.12 bits per heavy atom. The highest BCUT2D eigenvalue weighted by Gasteiger charge is 2.20. The minimum Gasteiger partial charge on any atom is -0.442 e. The summed E-state index contributed by atoms with van der Waals surface area (Å²) in [6, 6.07) is 1.64. The first kappa shape index (κ1) is 11.9. The monoisotopic (exact) mass is 253 g/mol. The Bertz CT molecular complexity index is 572. The highest BCUT2D eigenvalue weighted by atomic mass is 35.5. The van der Waals surface area contributed by atoms with Gasteiger partial charge in [0, 0.05) is 5.39 Å². The SMILES string of the molecule is CC(C)(C)OC(=O)n1ncc2cc(Cl)ncc21. The molecule has 0 aliphatic rings. The van der Waals surface area contributed by atoms with Gasteiger partial charge in [-0.15, -0.1) is 0 Å². The fourth-order valence-electron chi connectivity index (χ4n) is 1.35. The predicted octanol–water partition coefficient (Wildman–Crippen LogP) is 2.87. The minimum absolute atomic E-state index is 0.362. The number of nitrogens with zero attached hydrogens (tertiary/aromatic N) is 3. The molecule has 2 heterocycles. The van der Waals surface area contributed by atoms with Crippen molar-refractivity contribution >= 4 is 28.6 Å². The fraction of sp³-hybridized carbons (Fsp3) is 0.364. The van der Waals surface area contributed by atoms with Crippen LogP contribution in [-0.2, 0) is 4.74 Å². The molecular formula is C11H12ClN3O2. The Morgan fingerprint density at radius 3 is 2.76 bits per heavy atom. The van der Waals surface area contributed by atoms with E-state index in [0.29, 0.717) is 10.7 Å². The van der Waals surface area contributed by atoms with E-state index in [1.165, 1.54) is 10.9 Å². The maximum absolute atomic E-state index is 11.8. The van der Waals surface area contributed by atoms with Gasteiger partial charge in [0.15, 0.2) is 0 Å². The molecule has 0 fully saturated rings. The van der Waals surface area contributed by atoms with Crippen LogP contribution in [0.4, 0.5) is 4.79 Å². The largest absolute Gasteiger partial charge is 0.442 e. The molecule has 0 saturated heterocycles. The van der Waals surface area contributed by atoms with Crippen molar-refractivity contribution in [3.63, 3.8) is 0 Å². The van der Waals surface area contributed by atoms with Crippen LogP contribution in [0.2, 0.25) is 5.15 Å². The first-order valence-corrected chi connectivity index (χ1v) is 5.47. The van der Waals surface area contributed by atoms with Crippen molar-refractivity contribution in [2.75, 3.05) is 0 Å². The van der Waals surface area contributed by atoms with Crippen molar-refractivity contribution in [2.45, 2.75) is 26.4 Å². The van der Waals surface area contributed by atoms with Crippen LogP contribution >= 0.6 is 11.6 Å². The van der Waals surface area contributed by atoms with Gasteiger partial charge in [-0.05, 0) is 26.8 Å². The van der Waals surface area contributed by atoms with Crippen LogP contribution in [0.15, 0.2) is 18.5 Å². The zero-order valence-electron chi connectivity index (χ0n) is 9.77. The summed E-state index contributed by atoms with van der Waals surface area (Å²) in [5.74, 6) is 0. The molecule has 0 unspecified atom stereocenters. The Balaban J connectivity index is 2.40. The van der Waals surface area contributed by atoms with Crippen LogP contribution < -0.4 is 0 Å². The summed E-state index contributed by atoms with van der Waals surface area (Å²) in [4.78, 5) is 15.8. The fourth-order valence-corrected chi connectivity index (χ4v) is 1.52. The van der Waals surface area contributed by atoms with E-state index in [0.717, 1.165) is 5.39 Å². The number of rotatable bonds is 0. The molecule has 0 saturated carbocycles. The van der Waals surface area contributed by atoms with Gasteiger partial charge in [-0.3, -0.25) is 0 Å². The molecule has 17 heavy (non-hydrogen) atoms. The molecule has 2 aromatic heterocycles. The number of pyridine rings is 1. The van der Waals surface area contributed by atoms with E-state index in [2.05, 4.69) is 10.1 Å². The number of hydrogen-bond donors (Lipinski definition) is 0. The van der Waals surface area contributed by atoms with Crippen molar-refractivity contribution in [2.24, 2.45) is 0 Å². The second kappa shape index (κ2) is 4.00. The zero-order chi connectivity index (χ0) is 12.6. The molecule has 0 bridgehead atoms. The molecule has 0 amide bonds. The molecule has 5 nitrogen and oxygen atoms in total. The van der Waals surface area contributed by atoms with Crippen LogP contribution in [0.25, 0.3) is 10.9 Å². The Kier molecular flexibility index (Phi) is 2.79. The highest BCUT2D eigenvalue weighted by Crippen LogP contribution is 2.17. The molecule has 0 N–H and O–H groups in total. The van der Waals surface area contributed by atoms with Crippen molar-refractivity contribution in [3.8, 4) is 0 Å². The molecule has 2 aromatic rings. The Hall–Kier alpha value is -1.62. The topological polar surface area (TPSA) is 57.0 Å². The van der Waals surface area contributed by atoms with Gasteiger partial charge in [0.05, 0.1) is 17.9 Å². The lowest BCUT2D eigenvalue weighted by Gasteiger charge is -2.19. The van der Waals surface area contributed by atoms with Gasteiger partial charge in [-0.2, -0.15) is 9.78 Å². The van der Waals surface area contributed by atoms with E-state index >= 15 is 0 Å². The van der Waals surface area contributed by atoms with E-state index in [1.54, 1.807) is 33.0 Å². The third-order valence-corrected chi connectivity index (χ3v) is 2.19. The number of ether oxygens (including phenoxy) is 1.